The molecule has 2 N–H and O–H groups in total. The van der Waals surface area contributed by atoms with Gasteiger partial charge in [0, 0.05) is 11.8 Å². The molecule has 0 spiro atoms. The van der Waals surface area contributed by atoms with Crippen molar-refractivity contribution in [1.82, 2.24) is 0 Å². The van der Waals surface area contributed by atoms with E-state index in [1.807, 2.05) is 18.2 Å². The van der Waals surface area contributed by atoms with Crippen molar-refractivity contribution < 1.29 is 4.42 Å². The molecule has 0 aliphatic heterocycles. The van der Waals surface area contributed by atoms with E-state index in [2.05, 4.69) is 18.9 Å². The number of aryl methyl sites for hydroxylation is 1. The van der Waals surface area contributed by atoms with Crippen molar-refractivity contribution >= 4 is 11.0 Å². The fourth-order valence-electron chi connectivity index (χ4n) is 1.93. The lowest BCUT2D eigenvalue weighted by atomic mass is 10.1. The second kappa shape index (κ2) is 5.07. The van der Waals surface area contributed by atoms with Crippen LogP contribution < -0.4 is 5.73 Å². The number of nitrogens with two attached hydrogens (primary N) is 1. The van der Waals surface area contributed by atoms with Gasteiger partial charge in [-0.05, 0) is 38.0 Å². The smallest absolute Gasteiger partial charge is 0.134 e. The molecule has 0 aliphatic carbocycles. The Labute approximate surface area is 102 Å². The Balaban J connectivity index is 2.16. The monoisotopic (exact) mass is 227 g/mol. The van der Waals surface area contributed by atoms with Gasteiger partial charge in [-0.25, -0.2) is 0 Å². The Morgan fingerprint density at radius 2 is 2.24 bits per heavy atom. The molecular weight excluding hydrogens is 210 g/mol. The van der Waals surface area contributed by atoms with Gasteiger partial charge in [0.15, 0.2) is 0 Å². The number of rotatable bonds is 4. The van der Waals surface area contributed by atoms with Crippen LogP contribution in [-0.4, -0.2) is 0 Å². The average Bonchev–Trinajstić information content (AvgIpc) is 2.72. The Morgan fingerprint density at radius 3 is 3.00 bits per heavy atom. The van der Waals surface area contributed by atoms with Crippen LogP contribution in [-0.2, 0) is 0 Å². The highest BCUT2D eigenvalue weighted by molar-refractivity contribution is 5.78. The third-order valence-electron chi connectivity index (χ3n) is 2.89. The summed E-state index contributed by atoms with van der Waals surface area (Å²) in [5.74, 6) is 3.47. The third-order valence-corrected chi connectivity index (χ3v) is 2.89. The normalized spacial score (nSPS) is 12.5. The summed E-state index contributed by atoms with van der Waals surface area (Å²) in [5, 5.41) is 1.12. The molecule has 0 amide bonds. The lowest BCUT2D eigenvalue weighted by Crippen LogP contribution is -2.08. The van der Waals surface area contributed by atoms with E-state index in [1.165, 1.54) is 5.56 Å². The predicted octanol–water partition coefficient (Wildman–Crippen LogP) is 3.54. The molecule has 0 saturated carbocycles. The Morgan fingerprint density at radius 1 is 1.41 bits per heavy atom. The van der Waals surface area contributed by atoms with Crippen molar-refractivity contribution in [1.29, 1.82) is 0 Å². The zero-order chi connectivity index (χ0) is 12.3. The van der Waals surface area contributed by atoms with Crippen LogP contribution in [0.1, 0.15) is 36.6 Å². The highest BCUT2D eigenvalue weighted by Gasteiger charge is 2.11. The maximum absolute atomic E-state index is 6.08. The molecule has 1 aromatic carbocycles. The molecule has 0 fully saturated rings. The molecule has 1 atom stereocenters. The summed E-state index contributed by atoms with van der Waals surface area (Å²) in [4.78, 5) is 0. The van der Waals surface area contributed by atoms with Crippen LogP contribution in [0.3, 0.4) is 0 Å². The molecule has 0 radical (unpaired) electrons. The summed E-state index contributed by atoms with van der Waals surface area (Å²) < 4.78 is 5.74. The zero-order valence-electron chi connectivity index (χ0n) is 10.1. The van der Waals surface area contributed by atoms with Crippen LogP contribution in [0.4, 0.5) is 0 Å². The molecule has 1 unspecified atom stereocenters. The van der Waals surface area contributed by atoms with Gasteiger partial charge in [-0.15, -0.1) is 12.3 Å². The number of terminal acetylenes is 1. The summed E-state index contributed by atoms with van der Waals surface area (Å²) in [7, 11) is 0. The van der Waals surface area contributed by atoms with E-state index in [1.54, 1.807) is 0 Å². The van der Waals surface area contributed by atoms with E-state index in [0.29, 0.717) is 0 Å². The first-order chi connectivity index (χ1) is 8.20. The van der Waals surface area contributed by atoms with Crippen LogP contribution in [0.2, 0.25) is 0 Å². The molecule has 2 rings (SSSR count). The Kier molecular flexibility index (Phi) is 3.51. The van der Waals surface area contributed by atoms with Crippen molar-refractivity contribution in [2.75, 3.05) is 0 Å². The summed E-state index contributed by atoms with van der Waals surface area (Å²) in [6.07, 6.45) is 7.79. The summed E-state index contributed by atoms with van der Waals surface area (Å²) in [6.45, 7) is 2.07. The van der Waals surface area contributed by atoms with E-state index in [9.17, 15) is 0 Å². The fourth-order valence-corrected chi connectivity index (χ4v) is 1.93. The minimum absolute atomic E-state index is 0.0592. The van der Waals surface area contributed by atoms with Gasteiger partial charge in [0.25, 0.3) is 0 Å². The first-order valence-corrected chi connectivity index (χ1v) is 5.90. The number of benzene rings is 1. The number of unbranched alkanes of at least 4 members (excludes halogenated alkanes) is 1. The molecule has 1 heterocycles. The van der Waals surface area contributed by atoms with Gasteiger partial charge in [-0.1, -0.05) is 11.6 Å². The van der Waals surface area contributed by atoms with Gasteiger partial charge in [0.05, 0.1) is 6.04 Å². The van der Waals surface area contributed by atoms with Crippen LogP contribution in [0, 0.1) is 19.3 Å². The van der Waals surface area contributed by atoms with Crippen molar-refractivity contribution in [3.63, 3.8) is 0 Å². The SMILES string of the molecule is C#CCCCC(N)c1cc2cc(C)ccc2o1. The lowest BCUT2D eigenvalue weighted by molar-refractivity contribution is 0.471. The van der Waals surface area contributed by atoms with Crippen LogP contribution in [0.25, 0.3) is 11.0 Å². The van der Waals surface area contributed by atoms with E-state index < -0.39 is 0 Å². The second-order valence-corrected chi connectivity index (χ2v) is 4.39. The Hall–Kier alpha value is -1.72. The maximum Gasteiger partial charge on any atom is 0.134 e. The first-order valence-electron chi connectivity index (χ1n) is 5.90. The first kappa shape index (κ1) is 11.8. The van der Waals surface area contributed by atoms with Crippen LogP contribution in [0.15, 0.2) is 28.7 Å². The standard InChI is InChI=1S/C15H17NO/c1-3-4-5-6-13(16)15-10-12-9-11(2)7-8-14(12)17-15/h1,7-10,13H,4-6,16H2,2H3. The van der Waals surface area contributed by atoms with E-state index in [-0.39, 0.29) is 6.04 Å². The molecule has 0 aliphatic rings. The van der Waals surface area contributed by atoms with Gasteiger partial charge in [-0.2, -0.15) is 0 Å². The average molecular weight is 227 g/mol. The molecule has 2 aromatic rings. The minimum atomic E-state index is -0.0592. The third kappa shape index (κ3) is 2.69. The molecule has 0 bridgehead atoms. The van der Waals surface area contributed by atoms with Crippen molar-refractivity contribution in [2.24, 2.45) is 5.73 Å². The lowest BCUT2D eigenvalue weighted by Gasteiger charge is -2.06. The van der Waals surface area contributed by atoms with E-state index in [0.717, 1.165) is 36.0 Å². The summed E-state index contributed by atoms with van der Waals surface area (Å²) in [5.41, 5.74) is 8.20. The van der Waals surface area contributed by atoms with Gasteiger partial charge in [0.1, 0.15) is 11.3 Å². The number of hydrogen-bond acceptors (Lipinski definition) is 2. The molecule has 17 heavy (non-hydrogen) atoms. The van der Waals surface area contributed by atoms with Crippen molar-refractivity contribution in [3.8, 4) is 12.3 Å². The molecule has 2 heteroatoms. The van der Waals surface area contributed by atoms with E-state index in [4.69, 9.17) is 16.6 Å². The molecule has 1 aromatic heterocycles. The van der Waals surface area contributed by atoms with Crippen molar-refractivity contribution in [2.45, 2.75) is 32.2 Å². The molecule has 88 valence electrons. The van der Waals surface area contributed by atoms with E-state index >= 15 is 0 Å². The summed E-state index contributed by atoms with van der Waals surface area (Å²) in [6, 6.07) is 8.11. The quantitative estimate of drug-likeness (QED) is 0.641. The van der Waals surface area contributed by atoms with Gasteiger partial charge in [-0.3, -0.25) is 0 Å². The topological polar surface area (TPSA) is 39.2 Å². The largest absolute Gasteiger partial charge is 0.459 e. The van der Waals surface area contributed by atoms with Crippen LogP contribution in [0.5, 0.6) is 0 Å². The molecule has 0 saturated heterocycles. The fraction of sp³-hybridized carbons (Fsp3) is 0.333. The minimum Gasteiger partial charge on any atom is -0.459 e. The van der Waals surface area contributed by atoms with Crippen molar-refractivity contribution in [3.05, 3.63) is 35.6 Å². The maximum atomic E-state index is 6.08. The van der Waals surface area contributed by atoms with Gasteiger partial charge < -0.3 is 10.2 Å². The predicted molar refractivity (Wildman–Crippen MR) is 70.6 cm³/mol. The van der Waals surface area contributed by atoms with Gasteiger partial charge >= 0.3 is 0 Å². The second-order valence-electron chi connectivity index (χ2n) is 4.39. The number of fused-ring (bicyclic) bond motifs is 1. The zero-order valence-corrected chi connectivity index (χ0v) is 10.1. The molecular formula is C15H17NO. The highest BCUT2D eigenvalue weighted by Crippen LogP contribution is 2.26. The highest BCUT2D eigenvalue weighted by atomic mass is 16.3. The van der Waals surface area contributed by atoms with Gasteiger partial charge in [0.2, 0.25) is 0 Å². The summed E-state index contributed by atoms with van der Waals surface area (Å²) >= 11 is 0. The molecule has 2 nitrogen and oxygen atoms in total. The number of furan rings is 1. The Bertz CT molecular complexity index is 548. The number of hydrogen-bond donors (Lipinski definition) is 1. The van der Waals surface area contributed by atoms with Crippen LogP contribution >= 0.6 is 0 Å².